The highest BCUT2D eigenvalue weighted by Crippen LogP contribution is 2.32. The van der Waals surface area contributed by atoms with E-state index in [0.29, 0.717) is 11.3 Å². The fraction of sp³-hybridized carbons (Fsp3) is 0.0690. The largest absolute Gasteiger partial charge is 0.488 e. The molecule has 0 spiro atoms. The maximum Gasteiger partial charge on any atom is 0.335 e. The van der Waals surface area contributed by atoms with Crippen molar-refractivity contribution in [3.8, 4) is 5.75 Å². The van der Waals surface area contributed by atoms with Gasteiger partial charge >= 0.3 is 6.03 Å². The summed E-state index contributed by atoms with van der Waals surface area (Å²) in [5, 5.41) is 4.63. The molecule has 184 valence electrons. The Bertz CT molecular complexity index is 1620. The molecule has 1 N–H and O–H groups in total. The highest BCUT2D eigenvalue weighted by Gasteiger charge is 2.37. The average molecular weight is 576 g/mol. The number of urea groups is 1. The van der Waals surface area contributed by atoms with Crippen LogP contribution in [0.4, 0.5) is 10.5 Å². The molecule has 1 saturated heterocycles. The lowest BCUT2D eigenvalue weighted by molar-refractivity contribution is -0.122. The molecule has 0 bridgehead atoms. The third kappa shape index (κ3) is 4.88. The highest BCUT2D eigenvalue weighted by atomic mass is 79.9. The number of para-hydroxylation sites is 1. The van der Waals surface area contributed by atoms with Crippen LogP contribution >= 0.6 is 27.5 Å². The second kappa shape index (κ2) is 10.2. The van der Waals surface area contributed by atoms with Gasteiger partial charge in [-0.25, -0.2) is 9.69 Å². The van der Waals surface area contributed by atoms with Gasteiger partial charge in [0.15, 0.2) is 0 Å². The van der Waals surface area contributed by atoms with E-state index in [1.807, 2.05) is 31.2 Å². The van der Waals surface area contributed by atoms with E-state index in [4.69, 9.17) is 16.3 Å². The van der Waals surface area contributed by atoms with Crippen LogP contribution < -0.4 is 15.0 Å². The molecule has 1 aliphatic rings. The number of benzene rings is 4. The van der Waals surface area contributed by atoms with Gasteiger partial charge in [-0.3, -0.25) is 14.9 Å². The molecule has 0 saturated carbocycles. The Morgan fingerprint density at radius 2 is 1.73 bits per heavy atom. The fourth-order valence-electron chi connectivity index (χ4n) is 4.21. The number of nitrogens with zero attached hydrogens (tertiary/aromatic N) is 1. The van der Waals surface area contributed by atoms with Crippen LogP contribution in [0.15, 0.2) is 88.9 Å². The first-order valence-electron chi connectivity index (χ1n) is 11.4. The number of barbiturate groups is 1. The second-order valence-corrected chi connectivity index (χ2v) is 9.79. The summed E-state index contributed by atoms with van der Waals surface area (Å²) in [6, 6.07) is 23.1. The highest BCUT2D eigenvalue weighted by molar-refractivity contribution is 9.10. The predicted octanol–water partition coefficient (Wildman–Crippen LogP) is 6.81. The van der Waals surface area contributed by atoms with Crippen LogP contribution in [0.2, 0.25) is 5.02 Å². The summed E-state index contributed by atoms with van der Waals surface area (Å²) in [7, 11) is 0. The third-order valence-electron chi connectivity index (χ3n) is 6.11. The molecule has 4 aromatic rings. The molecule has 0 unspecified atom stereocenters. The van der Waals surface area contributed by atoms with E-state index in [-0.39, 0.29) is 22.9 Å². The lowest BCUT2D eigenvalue weighted by Gasteiger charge is -2.27. The van der Waals surface area contributed by atoms with Crippen LogP contribution in [-0.4, -0.2) is 17.8 Å². The molecule has 1 aliphatic heterocycles. The van der Waals surface area contributed by atoms with Gasteiger partial charge in [0.1, 0.15) is 17.9 Å². The van der Waals surface area contributed by atoms with E-state index in [1.165, 1.54) is 12.1 Å². The molecule has 1 heterocycles. The van der Waals surface area contributed by atoms with Crippen molar-refractivity contribution in [2.24, 2.45) is 0 Å². The number of halogens is 2. The quantitative estimate of drug-likeness (QED) is 0.210. The zero-order valence-corrected chi connectivity index (χ0v) is 22.0. The molecular formula is C29H20BrClN2O4. The number of carbonyl (C=O) groups excluding carboxylic acids is 3. The number of ether oxygens (including phenoxy) is 1. The number of nitrogens with one attached hydrogen (secondary N) is 1. The summed E-state index contributed by atoms with van der Waals surface area (Å²) in [6.45, 7) is 2.32. The van der Waals surface area contributed by atoms with E-state index in [9.17, 15) is 14.4 Å². The standard InChI is InChI=1S/C29H20BrClN2O4/c1-17-10-11-18-6-2-3-7-21(18)23(17)16-37-26-13-12-20(30)14-19(26)15-22-27(34)32-29(36)33(28(22)35)25-9-5-4-8-24(25)31/h2-15H,16H2,1H3,(H,32,34,36)/b22-15+. The van der Waals surface area contributed by atoms with Crippen molar-refractivity contribution < 1.29 is 19.1 Å². The first-order chi connectivity index (χ1) is 17.8. The molecule has 4 amide bonds. The molecule has 0 aromatic heterocycles. The molecule has 8 heteroatoms. The first kappa shape index (κ1) is 24.7. The number of carbonyl (C=O) groups is 3. The molecule has 1 fully saturated rings. The van der Waals surface area contributed by atoms with Crippen molar-refractivity contribution in [2.45, 2.75) is 13.5 Å². The molecule has 5 rings (SSSR count). The normalized spacial score (nSPS) is 14.8. The number of rotatable bonds is 5. The minimum atomic E-state index is -0.864. The minimum Gasteiger partial charge on any atom is -0.488 e. The van der Waals surface area contributed by atoms with E-state index in [2.05, 4.69) is 39.4 Å². The zero-order chi connectivity index (χ0) is 26.1. The Hall–Kier alpha value is -3.94. The van der Waals surface area contributed by atoms with Crippen molar-refractivity contribution in [1.82, 2.24) is 5.32 Å². The number of amides is 4. The maximum absolute atomic E-state index is 13.3. The number of anilines is 1. The van der Waals surface area contributed by atoms with E-state index >= 15 is 0 Å². The number of aryl methyl sites for hydroxylation is 1. The summed E-state index contributed by atoms with van der Waals surface area (Å²) < 4.78 is 6.95. The Morgan fingerprint density at radius 3 is 2.54 bits per heavy atom. The monoisotopic (exact) mass is 574 g/mol. The summed E-state index contributed by atoms with van der Waals surface area (Å²) in [6.07, 6.45) is 1.42. The summed E-state index contributed by atoms with van der Waals surface area (Å²) >= 11 is 9.67. The Morgan fingerprint density at radius 1 is 0.973 bits per heavy atom. The van der Waals surface area contributed by atoms with Crippen molar-refractivity contribution >= 4 is 67.9 Å². The summed E-state index contributed by atoms with van der Waals surface area (Å²) in [5.74, 6) is -1.10. The number of imide groups is 2. The Labute approximate surface area is 226 Å². The van der Waals surface area contributed by atoms with Gasteiger partial charge in [0.2, 0.25) is 0 Å². The Kier molecular flexibility index (Phi) is 6.82. The van der Waals surface area contributed by atoms with Gasteiger partial charge in [0, 0.05) is 15.6 Å². The molecule has 6 nitrogen and oxygen atoms in total. The van der Waals surface area contributed by atoms with Gasteiger partial charge in [-0.1, -0.05) is 76.1 Å². The van der Waals surface area contributed by atoms with Gasteiger partial charge in [-0.2, -0.15) is 0 Å². The Balaban J connectivity index is 1.51. The van der Waals surface area contributed by atoms with Crippen LogP contribution in [0.3, 0.4) is 0 Å². The second-order valence-electron chi connectivity index (χ2n) is 8.46. The van der Waals surface area contributed by atoms with E-state index in [0.717, 1.165) is 31.3 Å². The molecule has 37 heavy (non-hydrogen) atoms. The topological polar surface area (TPSA) is 75.7 Å². The van der Waals surface area contributed by atoms with Gasteiger partial charge in [0.25, 0.3) is 11.8 Å². The van der Waals surface area contributed by atoms with Gasteiger partial charge in [-0.05, 0) is 59.7 Å². The van der Waals surface area contributed by atoms with Crippen molar-refractivity contribution in [3.05, 3.63) is 111 Å². The van der Waals surface area contributed by atoms with E-state index < -0.39 is 17.8 Å². The summed E-state index contributed by atoms with van der Waals surface area (Å²) in [4.78, 5) is 39.4. The van der Waals surface area contributed by atoms with Crippen LogP contribution in [0.25, 0.3) is 16.8 Å². The smallest absolute Gasteiger partial charge is 0.335 e. The molecule has 4 aromatic carbocycles. The number of fused-ring (bicyclic) bond motifs is 1. The van der Waals surface area contributed by atoms with Crippen molar-refractivity contribution in [3.63, 3.8) is 0 Å². The van der Waals surface area contributed by atoms with Crippen LogP contribution in [0.5, 0.6) is 5.75 Å². The lowest BCUT2D eigenvalue weighted by Crippen LogP contribution is -2.54. The van der Waals surface area contributed by atoms with Crippen LogP contribution in [0.1, 0.15) is 16.7 Å². The van der Waals surface area contributed by atoms with Crippen LogP contribution in [0, 0.1) is 6.92 Å². The average Bonchev–Trinajstić information content (AvgIpc) is 2.88. The van der Waals surface area contributed by atoms with Crippen molar-refractivity contribution in [1.29, 1.82) is 0 Å². The molecular weight excluding hydrogens is 556 g/mol. The molecule has 0 aliphatic carbocycles. The van der Waals surface area contributed by atoms with Gasteiger partial charge in [0.05, 0.1) is 10.7 Å². The minimum absolute atomic E-state index is 0.183. The molecule has 0 radical (unpaired) electrons. The molecule has 0 atom stereocenters. The third-order valence-corrected chi connectivity index (χ3v) is 6.93. The maximum atomic E-state index is 13.3. The zero-order valence-electron chi connectivity index (χ0n) is 19.6. The lowest BCUT2D eigenvalue weighted by atomic mass is 10.0. The number of hydrogen-bond acceptors (Lipinski definition) is 4. The SMILES string of the molecule is Cc1ccc2ccccc2c1COc1ccc(Br)cc1/C=C1\C(=O)NC(=O)N(c2ccccc2Cl)C1=O. The van der Waals surface area contributed by atoms with Crippen molar-refractivity contribution in [2.75, 3.05) is 4.90 Å². The van der Waals surface area contributed by atoms with Gasteiger partial charge in [-0.15, -0.1) is 0 Å². The van der Waals surface area contributed by atoms with Gasteiger partial charge < -0.3 is 4.74 Å². The fourth-order valence-corrected chi connectivity index (χ4v) is 4.81. The first-order valence-corrected chi connectivity index (χ1v) is 12.6. The summed E-state index contributed by atoms with van der Waals surface area (Å²) in [5.41, 5.74) is 2.60. The predicted molar refractivity (Wildman–Crippen MR) is 148 cm³/mol. The van der Waals surface area contributed by atoms with Crippen LogP contribution in [-0.2, 0) is 16.2 Å². The van der Waals surface area contributed by atoms with E-state index in [1.54, 1.807) is 30.3 Å². The number of hydrogen-bond donors (Lipinski definition) is 1.